The van der Waals surface area contributed by atoms with E-state index >= 15 is 0 Å². The number of cyclic esters (lactones) is 1. The van der Waals surface area contributed by atoms with Crippen molar-refractivity contribution >= 4 is 11.9 Å². The Balaban J connectivity index is 1.89. The van der Waals surface area contributed by atoms with Gasteiger partial charge in [0.05, 0.1) is 0 Å². The number of allylic oxidation sites excluding steroid dienone is 1. The van der Waals surface area contributed by atoms with Crippen molar-refractivity contribution < 1.29 is 19.1 Å². The Hall–Kier alpha value is -1.58. The van der Waals surface area contributed by atoms with E-state index in [1.54, 1.807) is 6.08 Å². The van der Waals surface area contributed by atoms with Crippen molar-refractivity contribution in [3.8, 4) is 0 Å². The molecule has 4 heteroatoms. The first-order valence-electron chi connectivity index (χ1n) is 9.88. The van der Waals surface area contributed by atoms with Gasteiger partial charge in [0.2, 0.25) is 0 Å². The molecule has 0 aromatic rings. The van der Waals surface area contributed by atoms with Crippen molar-refractivity contribution in [1.29, 1.82) is 0 Å². The lowest BCUT2D eigenvalue weighted by Gasteiger charge is -2.60. The Morgan fingerprint density at radius 3 is 2.73 bits per heavy atom. The average molecular weight is 360 g/mol. The molecule has 2 aliphatic carbocycles. The fraction of sp³-hybridized carbons (Fsp3) is 0.727. The molecule has 1 fully saturated rings. The molecule has 1 saturated carbocycles. The second-order valence-electron chi connectivity index (χ2n) is 8.95. The van der Waals surface area contributed by atoms with Gasteiger partial charge in [0, 0.05) is 18.4 Å². The molecule has 0 bridgehead atoms. The Kier molecular flexibility index (Phi) is 5.06. The van der Waals surface area contributed by atoms with Gasteiger partial charge >= 0.3 is 11.9 Å². The Morgan fingerprint density at radius 1 is 1.38 bits per heavy atom. The summed E-state index contributed by atoms with van der Waals surface area (Å²) in [5, 5.41) is 0. The topological polar surface area (TPSA) is 52.6 Å². The summed E-state index contributed by atoms with van der Waals surface area (Å²) in [7, 11) is 0. The van der Waals surface area contributed by atoms with Crippen molar-refractivity contribution in [1.82, 2.24) is 0 Å². The minimum atomic E-state index is -0.210. The molecular weight excluding hydrogens is 328 g/mol. The molecule has 0 saturated heterocycles. The van der Waals surface area contributed by atoms with E-state index in [0.29, 0.717) is 18.4 Å². The average Bonchev–Trinajstić information content (AvgIpc) is 2.98. The molecule has 0 amide bonds. The molecule has 0 N–H and O–H groups in total. The second-order valence-corrected chi connectivity index (χ2v) is 8.95. The van der Waals surface area contributed by atoms with Crippen LogP contribution in [0.15, 0.2) is 23.3 Å². The summed E-state index contributed by atoms with van der Waals surface area (Å²) in [5.41, 5.74) is 2.50. The smallest absolute Gasteiger partial charge is 0.331 e. The highest BCUT2D eigenvalue weighted by atomic mass is 16.5. The molecule has 0 radical (unpaired) electrons. The molecule has 5 atom stereocenters. The van der Waals surface area contributed by atoms with Crippen LogP contribution in [0.4, 0.5) is 0 Å². The molecule has 3 rings (SSSR count). The van der Waals surface area contributed by atoms with E-state index in [0.717, 1.165) is 37.7 Å². The van der Waals surface area contributed by atoms with E-state index in [4.69, 9.17) is 9.47 Å². The zero-order valence-electron chi connectivity index (χ0n) is 16.8. The van der Waals surface area contributed by atoms with Crippen LogP contribution in [-0.4, -0.2) is 24.6 Å². The number of esters is 2. The standard InChI is InChI=1S/C22H32O4/c1-14-7-6-8-18-21(4,10-9-17-12-20(24)25-13-17)15(2)11-19(22(14,18)5)26-16(3)23/h7,12,15,18-19H,6,8-11,13H2,1-5H3. The molecular formula is C22H32O4. The minimum Gasteiger partial charge on any atom is -0.462 e. The SMILES string of the molecule is CC(=O)OC1CC(C)C(C)(CCC2=CC(=O)OC2)C2CCC=C(C)C12C. The minimum absolute atomic E-state index is 0.0553. The van der Waals surface area contributed by atoms with Crippen LogP contribution < -0.4 is 0 Å². The van der Waals surface area contributed by atoms with Crippen molar-refractivity contribution in [2.24, 2.45) is 22.7 Å². The van der Waals surface area contributed by atoms with Gasteiger partial charge in [0.1, 0.15) is 12.7 Å². The lowest BCUT2D eigenvalue weighted by molar-refractivity contribution is -0.174. The maximum absolute atomic E-state index is 11.7. The highest BCUT2D eigenvalue weighted by molar-refractivity contribution is 5.85. The van der Waals surface area contributed by atoms with Crippen molar-refractivity contribution in [3.63, 3.8) is 0 Å². The highest BCUT2D eigenvalue weighted by Crippen LogP contribution is 2.62. The van der Waals surface area contributed by atoms with Gasteiger partial charge in [-0.15, -0.1) is 0 Å². The number of fused-ring (bicyclic) bond motifs is 1. The number of carbonyl (C=O) groups is 2. The van der Waals surface area contributed by atoms with E-state index in [-0.39, 0.29) is 28.9 Å². The fourth-order valence-corrected chi connectivity index (χ4v) is 5.71. The maximum atomic E-state index is 11.7. The number of hydrogen-bond acceptors (Lipinski definition) is 4. The lowest BCUT2D eigenvalue weighted by Crippen LogP contribution is -2.57. The first-order valence-corrected chi connectivity index (χ1v) is 9.88. The van der Waals surface area contributed by atoms with E-state index in [2.05, 4.69) is 33.8 Å². The number of ether oxygens (including phenoxy) is 2. The van der Waals surface area contributed by atoms with E-state index in [1.165, 1.54) is 12.5 Å². The summed E-state index contributed by atoms with van der Waals surface area (Å²) in [6.45, 7) is 11.2. The van der Waals surface area contributed by atoms with Crippen LogP contribution in [0.1, 0.15) is 66.7 Å². The predicted octanol–water partition coefficient (Wildman–Crippen LogP) is 4.59. The Bertz CT molecular complexity index is 661. The molecule has 3 aliphatic rings. The van der Waals surface area contributed by atoms with E-state index in [1.807, 2.05) is 0 Å². The normalized spacial score (nSPS) is 39.6. The summed E-state index contributed by atoms with van der Waals surface area (Å²) >= 11 is 0. The second kappa shape index (κ2) is 6.86. The van der Waals surface area contributed by atoms with E-state index < -0.39 is 0 Å². The highest BCUT2D eigenvalue weighted by Gasteiger charge is 2.58. The zero-order valence-corrected chi connectivity index (χ0v) is 16.8. The summed E-state index contributed by atoms with van der Waals surface area (Å²) in [6, 6.07) is 0. The quantitative estimate of drug-likeness (QED) is 0.543. The van der Waals surface area contributed by atoms with Crippen molar-refractivity contribution in [2.45, 2.75) is 72.8 Å². The van der Waals surface area contributed by atoms with Gasteiger partial charge in [-0.3, -0.25) is 4.79 Å². The summed E-state index contributed by atoms with van der Waals surface area (Å²) < 4.78 is 10.9. The summed E-state index contributed by atoms with van der Waals surface area (Å²) in [5.74, 6) is 0.523. The number of rotatable bonds is 4. The van der Waals surface area contributed by atoms with Crippen LogP contribution >= 0.6 is 0 Å². The Labute approximate surface area is 157 Å². The summed E-state index contributed by atoms with van der Waals surface area (Å²) in [6.07, 6.45) is 8.98. The van der Waals surface area contributed by atoms with Gasteiger partial charge in [-0.2, -0.15) is 0 Å². The molecule has 0 aromatic heterocycles. The van der Waals surface area contributed by atoms with Crippen LogP contribution in [0.5, 0.6) is 0 Å². The largest absolute Gasteiger partial charge is 0.462 e. The third-order valence-corrected chi connectivity index (χ3v) is 7.65. The van der Waals surface area contributed by atoms with Crippen molar-refractivity contribution in [3.05, 3.63) is 23.3 Å². The van der Waals surface area contributed by atoms with Gasteiger partial charge in [0.25, 0.3) is 0 Å². The van der Waals surface area contributed by atoms with Crippen LogP contribution in [0.3, 0.4) is 0 Å². The molecule has 1 aliphatic heterocycles. The molecule has 0 spiro atoms. The first-order chi connectivity index (χ1) is 12.2. The van der Waals surface area contributed by atoms with Gasteiger partial charge < -0.3 is 9.47 Å². The number of hydrogen-bond donors (Lipinski definition) is 0. The molecule has 0 aromatic carbocycles. The number of carbonyl (C=O) groups excluding carboxylic acids is 2. The van der Waals surface area contributed by atoms with E-state index in [9.17, 15) is 9.59 Å². The van der Waals surface area contributed by atoms with Gasteiger partial charge in [0.15, 0.2) is 0 Å². The Morgan fingerprint density at radius 2 is 2.12 bits per heavy atom. The molecule has 144 valence electrons. The fourth-order valence-electron chi connectivity index (χ4n) is 5.71. The van der Waals surface area contributed by atoms with Crippen molar-refractivity contribution in [2.75, 3.05) is 6.61 Å². The van der Waals surface area contributed by atoms with Crippen LogP contribution in [0.2, 0.25) is 0 Å². The third kappa shape index (κ3) is 3.12. The van der Waals surface area contributed by atoms with Gasteiger partial charge in [-0.05, 0) is 61.9 Å². The molecule has 1 heterocycles. The zero-order chi connectivity index (χ0) is 19.1. The van der Waals surface area contributed by atoms with Crippen LogP contribution in [-0.2, 0) is 19.1 Å². The lowest BCUT2D eigenvalue weighted by atomic mass is 9.46. The summed E-state index contributed by atoms with van der Waals surface area (Å²) in [4.78, 5) is 23.1. The molecule has 26 heavy (non-hydrogen) atoms. The monoisotopic (exact) mass is 360 g/mol. The van der Waals surface area contributed by atoms with Gasteiger partial charge in [-0.25, -0.2) is 4.79 Å². The van der Waals surface area contributed by atoms with Gasteiger partial charge in [-0.1, -0.05) is 32.4 Å². The van der Waals surface area contributed by atoms with Crippen LogP contribution in [0.25, 0.3) is 0 Å². The third-order valence-electron chi connectivity index (χ3n) is 7.65. The first kappa shape index (κ1) is 19.2. The predicted molar refractivity (Wildman–Crippen MR) is 100 cm³/mol. The molecule has 5 unspecified atom stereocenters. The van der Waals surface area contributed by atoms with Crippen LogP contribution in [0, 0.1) is 22.7 Å². The maximum Gasteiger partial charge on any atom is 0.331 e. The molecule has 4 nitrogen and oxygen atoms in total.